The van der Waals surface area contributed by atoms with Crippen LogP contribution in [0.5, 0.6) is 0 Å². The lowest BCUT2D eigenvalue weighted by Crippen LogP contribution is -2.38. The molecule has 3 N–H and O–H groups in total. The first-order valence-corrected chi connectivity index (χ1v) is 6.55. The average Bonchev–Trinajstić information content (AvgIpc) is 2.87. The molecule has 6 nitrogen and oxygen atoms in total. The van der Waals surface area contributed by atoms with Gasteiger partial charge in [-0.3, -0.25) is 14.7 Å². The molecule has 1 heterocycles. The van der Waals surface area contributed by atoms with Gasteiger partial charge in [-0.25, -0.2) is 0 Å². The number of amides is 1. The maximum atomic E-state index is 11.9. The lowest BCUT2D eigenvalue weighted by molar-refractivity contribution is -0.138. The summed E-state index contributed by atoms with van der Waals surface area (Å²) < 4.78 is 0. The molecule has 6 heteroatoms. The van der Waals surface area contributed by atoms with Crippen molar-refractivity contribution in [1.82, 2.24) is 15.5 Å². The van der Waals surface area contributed by atoms with E-state index in [1.54, 1.807) is 6.07 Å². The van der Waals surface area contributed by atoms with E-state index in [4.69, 9.17) is 5.11 Å². The highest BCUT2D eigenvalue weighted by molar-refractivity contribution is 5.95. The van der Waals surface area contributed by atoms with Crippen LogP contribution < -0.4 is 5.32 Å². The minimum atomic E-state index is -1.09. The SMILES string of the molecule is Cc1ccc(-c2cc(C(=O)N[C@@H](C)C(=O)O)[nH]n2)c(C)c1. The van der Waals surface area contributed by atoms with Crippen LogP contribution in [0.15, 0.2) is 24.3 Å². The van der Waals surface area contributed by atoms with Crippen LogP contribution in [0.1, 0.15) is 28.5 Å². The second-order valence-electron chi connectivity index (χ2n) is 5.02. The molecule has 21 heavy (non-hydrogen) atoms. The Labute approximate surface area is 122 Å². The third-order valence-electron chi connectivity index (χ3n) is 3.20. The average molecular weight is 287 g/mol. The molecule has 0 saturated heterocycles. The Balaban J connectivity index is 2.21. The van der Waals surface area contributed by atoms with E-state index in [-0.39, 0.29) is 5.69 Å². The summed E-state index contributed by atoms with van der Waals surface area (Å²) in [5, 5.41) is 17.9. The standard InChI is InChI=1S/C15H17N3O3/c1-8-4-5-11(9(2)6-8)12-7-13(18-17-12)14(19)16-10(3)15(20)21/h4-7,10H,1-3H3,(H,16,19)(H,17,18)(H,20,21)/t10-/m0/s1. The molecule has 1 aromatic heterocycles. The highest BCUT2D eigenvalue weighted by Gasteiger charge is 2.17. The number of carbonyl (C=O) groups is 2. The molecule has 0 aliphatic heterocycles. The van der Waals surface area contributed by atoms with Gasteiger partial charge in [-0.05, 0) is 32.4 Å². The normalized spacial score (nSPS) is 12.0. The number of nitrogens with one attached hydrogen (secondary N) is 2. The summed E-state index contributed by atoms with van der Waals surface area (Å²) in [6.45, 7) is 5.39. The van der Waals surface area contributed by atoms with E-state index in [9.17, 15) is 9.59 Å². The molecule has 0 aliphatic rings. The molecule has 1 atom stereocenters. The monoisotopic (exact) mass is 287 g/mol. The summed E-state index contributed by atoms with van der Waals surface area (Å²) in [5.41, 5.74) is 4.04. The Kier molecular flexibility index (Phi) is 4.07. The summed E-state index contributed by atoms with van der Waals surface area (Å²) in [5.74, 6) is -1.58. The Morgan fingerprint density at radius 2 is 2.00 bits per heavy atom. The Bertz CT molecular complexity index is 691. The molecule has 110 valence electrons. The molecule has 0 spiro atoms. The van der Waals surface area contributed by atoms with Crippen LogP contribution >= 0.6 is 0 Å². The van der Waals surface area contributed by atoms with Gasteiger partial charge in [0.05, 0.1) is 5.69 Å². The number of carbonyl (C=O) groups excluding carboxylic acids is 1. The van der Waals surface area contributed by atoms with Crippen LogP contribution in [-0.4, -0.2) is 33.2 Å². The van der Waals surface area contributed by atoms with E-state index in [1.807, 2.05) is 32.0 Å². The van der Waals surface area contributed by atoms with Crippen molar-refractivity contribution in [2.45, 2.75) is 26.8 Å². The van der Waals surface area contributed by atoms with Gasteiger partial charge in [-0.15, -0.1) is 0 Å². The number of aromatic amines is 1. The predicted octanol–water partition coefficient (Wildman–Crippen LogP) is 1.90. The summed E-state index contributed by atoms with van der Waals surface area (Å²) >= 11 is 0. The maximum Gasteiger partial charge on any atom is 0.325 e. The van der Waals surface area contributed by atoms with E-state index in [0.717, 1.165) is 16.7 Å². The number of H-pyrrole nitrogens is 1. The molecule has 0 aliphatic carbocycles. The molecular formula is C15H17N3O3. The van der Waals surface area contributed by atoms with Gasteiger partial charge in [0, 0.05) is 5.56 Å². The zero-order valence-electron chi connectivity index (χ0n) is 12.1. The lowest BCUT2D eigenvalue weighted by atomic mass is 10.0. The zero-order valence-corrected chi connectivity index (χ0v) is 12.1. The van der Waals surface area contributed by atoms with E-state index >= 15 is 0 Å². The van der Waals surface area contributed by atoms with E-state index < -0.39 is 17.9 Å². The number of aryl methyl sites for hydroxylation is 2. The van der Waals surface area contributed by atoms with Crippen LogP contribution in [0.4, 0.5) is 0 Å². The van der Waals surface area contributed by atoms with Crippen molar-refractivity contribution in [1.29, 1.82) is 0 Å². The number of rotatable bonds is 4. The first-order valence-electron chi connectivity index (χ1n) is 6.55. The zero-order chi connectivity index (χ0) is 15.6. The highest BCUT2D eigenvalue weighted by atomic mass is 16.4. The van der Waals surface area contributed by atoms with Gasteiger partial charge in [0.1, 0.15) is 11.7 Å². The van der Waals surface area contributed by atoms with Crippen LogP contribution in [0.2, 0.25) is 0 Å². The fourth-order valence-electron chi connectivity index (χ4n) is 2.01. The molecule has 0 radical (unpaired) electrons. The van der Waals surface area contributed by atoms with Gasteiger partial charge >= 0.3 is 5.97 Å². The van der Waals surface area contributed by atoms with Gasteiger partial charge in [0.2, 0.25) is 0 Å². The van der Waals surface area contributed by atoms with E-state index in [1.165, 1.54) is 6.92 Å². The number of hydrogen-bond donors (Lipinski definition) is 3. The number of nitrogens with zero attached hydrogens (tertiary/aromatic N) is 1. The van der Waals surface area contributed by atoms with Crippen LogP contribution in [0, 0.1) is 13.8 Å². The predicted molar refractivity (Wildman–Crippen MR) is 78.1 cm³/mol. The van der Waals surface area contributed by atoms with E-state index in [2.05, 4.69) is 15.5 Å². The second-order valence-corrected chi connectivity index (χ2v) is 5.02. The maximum absolute atomic E-state index is 11.9. The Hall–Kier alpha value is -2.63. The second kappa shape index (κ2) is 5.78. The largest absolute Gasteiger partial charge is 0.480 e. The lowest BCUT2D eigenvalue weighted by Gasteiger charge is -2.07. The van der Waals surface area contributed by atoms with Crippen LogP contribution in [0.3, 0.4) is 0 Å². The van der Waals surface area contributed by atoms with Crippen molar-refractivity contribution in [2.75, 3.05) is 0 Å². The van der Waals surface area contributed by atoms with Crippen molar-refractivity contribution in [2.24, 2.45) is 0 Å². The number of aliphatic carboxylic acids is 1. The molecule has 0 fully saturated rings. The molecule has 1 aromatic carbocycles. The first-order chi connectivity index (χ1) is 9.88. The van der Waals surface area contributed by atoms with Gasteiger partial charge in [0.15, 0.2) is 0 Å². The van der Waals surface area contributed by atoms with Gasteiger partial charge < -0.3 is 10.4 Å². The Morgan fingerprint density at radius 1 is 1.29 bits per heavy atom. The summed E-state index contributed by atoms with van der Waals surface area (Å²) in [7, 11) is 0. The first kappa shape index (κ1) is 14.8. The van der Waals surface area contributed by atoms with Crippen molar-refractivity contribution >= 4 is 11.9 Å². The molecular weight excluding hydrogens is 270 g/mol. The summed E-state index contributed by atoms with van der Waals surface area (Å²) in [6, 6.07) is 6.62. The topological polar surface area (TPSA) is 95.1 Å². The van der Waals surface area contributed by atoms with Crippen molar-refractivity contribution in [3.05, 3.63) is 41.1 Å². The minimum absolute atomic E-state index is 0.234. The molecule has 0 bridgehead atoms. The number of hydrogen-bond acceptors (Lipinski definition) is 3. The summed E-state index contributed by atoms with van der Waals surface area (Å²) in [4.78, 5) is 22.6. The number of carboxylic acid groups (broad SMARTS) is 1. The van der Waals surface area contributed by atoms with E-state index in [0.29, 0.717) is 5.69 Å². The van der Waals surface area contributed by atoms with Crippen molar-refractivity contribution in [3.63, 3.8) is 0 Å². The van der Waals surface area contributed by atoms with Gasteiger partial charge in [-0.2, -0.15) is 5.10 Å². The quantitative estimate of drug-likeness (QED) is 0.800. The van der Waals surface area contributed by atoms with Gasteiger partial charge in [0.25, 0.3) is 5.91 Å². The third-order valence-corrected chi connectivity index (χ3v) is 3.20. The minimum Gasteiger partial charge on any atom is -0.480 e. The summed E-state index contributed by atoms with van der Waals surface area (Å²) in [6.07, 6.45) is 0. The number of benzene rings is 1. The van der Waals surface area contributed by atoms with Crippen molar-refractivity contribution in [3.8, 4) is 11.3 Å². The molecule has 2 aromatic rings. The molecule has 2 rings (SSSR count). The van der Waals surface area contributed by atoms with Crippen molar-refractivity contribution < 1.29 is 14.7 Å². The fraction of sp³-hybridized carbons (Fsp3) is 0.267. The van der Waals surface area contributed by atoms with Gasteiger partial charge in [-0.1, -0.05) is 23.8 Å². The fourth-order valence-corrected chi connectivity index (χ4v) is 2.01. The molecule has 0 unspecified atom stereocenters. The molecule has 0 saturated carbocycles. The highest BCUT2D eigenvalue weighted by Crippen LogP contribution is 2.22. The van der Waals surface area contributed by atoms with Crippen LogP contribution in [0.25, 0.3) is 11.3 Å². The van der Waals surface area contributed by atoms with Crippen LogP contribution in [-0.2, 0) is 4.79 Å². The molecule has 1 amide bonds. The number of aromatic nitrogens is 2. The Morgan fingerprint density at radius 3 is 2.62 bits per heavy atom. The number of carboxylic acids is 1. The smallest absolute Gasteiger partial charge is 0.325 e. The third kappa shape index (κ3) is 3.28.